The number of para-hydroxylation sites is 2. The van der Waals surface area contributed by atoms with Gasteiger partial charge in [0.05, 0.1) is 39.0 Å². The Morgan fingerprint density at radius 1 is 1.00 bits per heavy atom. The summed E-state index contributed by atoms with van der Waals surface area (Å²) in [6, 6.07) is 18.3. The van der Waals surface area contributed by atoms with Crippen LogP contribution in [-0.4, -0.2) is 43.8 Å². The fourth-order valence-electron chi connectivity index (χ4n) is 7.65. The second-order valence-corrected chi connectivity index (χ2v) is 11.1. The summed E-state index contributed by atoms with van der Waals surface area (Å²) in [7, 11) is 0. The lowest BCUT2D eigenvalue weighted by atomic mass is 9.75. The molecule has 8 rings (SSSR count). The van der Waals surface area contributed by atoms with Crippen LogP contribution in [0.15, 0.2) is 71.5 Å². The molecule has 5 heterocycles. The first-order valence-corrected chi connectivity index (χ1v) is 13.4. The lowest BCUT2D eigenvalue weighted by molar-refractivity contribution is -0.384. The number of anilines is 1. The summed E-state index contributed by atoms with van der Waals surface area (Å²) in [6.07, 6.45) is 1.53. The van der Waals surface area contributed by atoms with E-state index in [1.54, 1.807) is 22.8 Å². The molecule has 0 saturated carbocycles. The Bertz CT molecular complexity index is 1910. The van der Waals surface area contributed by atoms with Crippen molar-refractivity contribution in [3.05, 3.63) is 104 Å². The third-order valence-corrected chi connectivity index (χ3v) is 9.34. The Balaban J connectivity index is 1.41. The quantitative estimate of drug-likeness (QED) is 0.210. The highest BCUT2D eigenvalue weighted by atomic mass is 35.5. The van der Waals surface area contributed by atoms with Crippen LogP contribution in [0.1, 0.15) is 24.2 Å². The average molecular weight is 554 g/mol. The van der Waals surface area contributed by atoms with Gasteiger partial charge in [0.1, 0.15) is 16.4 Å². The molecule has 10 nitrogen and oxygen atoms in total. The minimum Gasteiger partial charge on any atom is -0.283 e. The third-order valence-electron chi connectivity index (χ3n) is 9.02. The first-order chi connectivity index (χ1) is 19.4. The first-order valence-electron chi connectivity index (χ1n) is 13.1. The van der Waals surface area contributed by atoms with Crippen LogP contribution in [0.25, 0.3) is 16.6 Å². The Hall–Kier alpha value is -4.41. The molecule has 0 radical (unpaired) electrons. The number of rotatable bonds is 2. The van der Waals surface area contributed by atoms with Crippen molar-refractivity contribution in [2.24, 2.45) is 11.8 Å². The molecule has 4 aliphatic rings. The topological polar surface area (TPSA) is 119 Å². The summed E-state index contributed by atoms with van der Waals surface area (Å²) < 4.78 is 1.60. The van der Waals surface area contributed by atoms with Gasteiger partial charge in [0.25, 0.3) is 11.2 Å². The number of nitro groups is 1. The van der Waals surface area contributed by atoms with Crippen LogP contribution in [0.4, 0.5) is 11.4 Å². The maximum absolute atomic E-state index is 14.5. The Labute approximate surface area is 231 Å². The highest BCUT2D eigenvalue weighted by molar-refractivity contribution is 6.33. The molecule has 3 aromatic carbocycles. The molecule has 0 N–H and O–H groups in total. The zero-order valence-corrected chi connectivity index (χ0v) is 21.6. The van der Waals surface area contributed by atoms with Crippen molar-refractivity contribution < 1.29 is 14.5 Å². The summed E-state index contributed by atoms with van der Waals surface area (Å²) in [6.45, 7) is 0.641. The van der Waals surface area contributed by atoms with Crippen molar-refractivity contribution in [2.75, 3.05) is 11.4 Å². The van der Waals surface area contributed by atoms with E-state index in [1.165, 1.54) is 18.2 Å². The minimum atomic E-state index is -1.15. The first kappa shape index (κ1) is 23.5. The summed E-state index contributed by atoms with van der Waals surface area (Å²) in [5.41, 5.74) is 0.275. The number of carbonyl (C=O) groups is 2. The lowest BCUT2D eigenvalue weighted by Gasteiger charge is -2.38. The fraction of sp³-hybridized carbons (Fsp3) is 0.241. The molecule has 198 valence electrons. The molecule has 2 amide bonds. The monoisotopic (exact) mass is 553 g/mol. The molecule has 4 aliphatic heterocycles. The maximum atomic E-state index is 14.5. The second kappa shape index (κ2) is 7.83. The smallest absolute Gasteiger partial charge is 0.283 e. The van der Waals surface area contributed by atoms with E-state index in [0.29, 0.717) is 35.4 Å². The van der Waals surface area contributed by atoms with Gasteiger partial charge in [-0.05, 0) is 49.7 Å². The molecular formula is C29H20ClN5O5. The summed E-state index contributed by atoms with van der Waals surface area (Å²) in [5, 5.41) is 12.0. The van der Waals surface area contributed by atoms with Crippen molar-refractivity contribution in [1.82, 2.24) is 14.5 Å². The van der Waals surface area contributed by atoms with Crippen LogP contribution in [0, 0.1) is 22.0 Å². The number of amides is 2. The van der Waals surface area contributed by atoms with E-state index in [-0.39, 0.29) is 28.0 Å². The van der Waals surface area contributed by atoms with Gasteiger partial charge in [-0.1, -0.05) is 41.9 Å². The SMILES string of the molecule is O=C1[C@H]2[C@@H](C(=O)N1c1ccc(Cl)c([N+](=O)[O-])c1)[C@@]1(c3ccccc3-n3c1nc1ccccc1c3=O)N1CCC[C@@H]21. The van der Waals surface area contributed by atoms with E-state index in [0.717, 1.165) is 16.9 Å². The van der Waals surface area contributed by atoms with Crippen LogP contribution < -0.4 is 10.5 Å². The zero-order chi connectivity index (χ0) is 27.5. The standard InChI is InChI=1S/C29H20ClN5O5/c30-18-12-11-15(14-22(18)35(39)40)33-26(37)23-21-10-5-13-32(21)29(24(23)27(33)38)17-7-2-4-9-20(17)34-25(36)16-6-1-3-8-19(16)31-28(29)34/h1-4,6-9,11-12,14,21,23-24H,5,10,13H2/t21-,23+,24-,29+/m0/s1. The van der Waals surface area contributed by atoms with Crippen molar-refractivity contribution in [1.29, 1.82) is 0 Å². The van der Waals surface area contributed by atoms with Crippen LogP contribution >= 0.6 is 11.6 Å². The van der Waals surface area contributed by atoms with Gasteiger partial charge in [-0.15, -0.1) is 0 Å². The molecule has 40 heavy (non-hydrogen) atoms. The minimum absolute atomic E-state index is 0.0828. The van der Waals surface area contributed by atoms with Crippen LogP contribution in [0.3, 0.4) is 0 Å². The van der Waals surface area contributed by atoms with Gasteiger partial charge in [0, 0.05) is 17.7 Å². The van der Waals surface area contributed by atoms with Crippen LogP contribution in [0.5, 0.6) is 0 Å². The number of fused-ring (bicyclic) bond motifs is 11. The number of nitro benzene ring substituents is 1. The van der Waals surface area contributed by atoms with Gasteiger partial charge in [-0.2, -0.15) is 0 Å². The normalized spacial score (nSPS) is 26.4. The molecule has 4 aromatic rings. The predicted octanol–water partition coefficient (Wildman–Crippen LogP) is 3.79. The van der Waals surface area contributed by atoms with E-state index < -0.39 is 34.1 Å². The lowest BCUT2D eigenvalue weighted by Crippen LogP contribution is -2.51. The number of hydrogen-bond donors (Lipinski definition) is 0. The summed E-state index contributed by atoms with van der Waals surface area (Å²) in [5.74, 6) is -2.01. The van der Waals surface area contributed by atoms with Crippen molar-refractivity contribution >= 4 is 45.7 Å². The summed E-state index contributed by atoms with van der Waals surface area (Å²) >= 11 is 6.04. The highest BCUT2D eigenvalue weighted by Crippen LogP contribution is 2.62. The molecule has 3 saturated heterocycles. The largest absolute Gasteiger partial charge is 0.289 e. The Kier molecular flexibility index (Phi) is 4.60. The number of halogens is 1. The Morgan fingerprint density at radius 3 is 2.60 bits per heavy atom. The molecule has 11 heteroatoms. The molecule has 0 bridgehead atoms. The van der Waals surface area contributed by atoms with Gasteiger partial charge >= 0.3 is 0 Å². The molecular weight excluding hydrogens is 534 g/mol. The number of nitrogens with zero attached hydrogens (tertiary/aromatic N) is 5. The van der Waals surface area contributed by atoms with E-state index in [9.17, 15) is 24.5 Å². The molecule has 1 aromatic heterocycles. The van der Waals surface area contributed by atoms with Crippen molar-refractivity contribution in [2.45, 2.75) is 24.4 Å². The molecule has 3 fully saturated rings. The second-order valence-electron chi connectivity index (χ2n) is 10.7. The van der Waals surface area contributed by atoms with Gasteiger partial charge in [0.2, 0.25) is 11.8 Å². The van der Waals surface area contributed by atoms with Gasteiger partial charge in [-0.3, -0.25) is 34.0 Å². The molecule has 4 atom stereocenters. The van der Waals surface area contributed by atoms with Crippen LogP contribution in [-0.2, 0) is 15.1 Å². The predicted molar refractivity (Wildman–Crippen MR) is 145 cm³/mol. The van der Waals surface area contributed by atoms with E-state index in [1.807, 2.05) is 30.3 Å². The third kappa shape index (κ3) is 2.62. The van der Waals surface area contributed by atoms with Gasteiger partial charge in [0.15, 0.2) is 0 Å². The highest BCUT2D eigenvalue weighted by Gasteiger charge is 2.73. The van der Waals surface area contributed by atoms with Gasteiger partial charge in [-0.25, -0.2) is 9.88 Å². The average Bonchev–Trinajstić information content (AvgIpc) is 3.66. The van der Waals surface area contributed by atoms with Crippen molar-refractivity contribution in [3.63, 3.8) is 0 Å². The van der Waals surface area contributed by atoms with E-state index >= 15 is 0 Å². The number of aromatic nitrogens is 2. The number of carbonyl (C=O) groups excluding carboxylic acids is 2. The Morgan fingerprint density at radius 2 is 1.77 bits per heavy atom. The molecule has 0 unspecified atom stereocenters. The van der Waals surface area contributed by atoms with Crippen molar-refractivity contribution in [3.8, 4) is 5.69 Å². The van der Waals surface area contributed by atoms with Crippen LogP contribution in [0.2, 0.25) is 5.02 Å². The zero-order valence-electron chi connectivity index (χ0n) is 20.9. The van der Waals surface area contributed by atoms with E-state index in [4.69, 9.17) is 16.6 Å². The maximum Gasteiger partial charge on any atom is 0.289 e. The van der Waals surface area contributed by atoms with Gasteiger partial charge < -0.3 is 0 Å². The molecule has 1 spiro atoms. The summed E-state index contributed by atoms with van der Waals surface area (Å²) in [4.78, 5) is 61.8. The number of benzene rings is 3. The number of imide groups is 1. The fourth-order valence-corrected chi connectivity index (χ4v) is 7.83. The van der Waals surface area contributed by atoms with E-state index in [2.05, 4.69) is 4.90 Å². The molecule has 0 aliphatic carbocycles. The number of hydrogen-bond acceptors (Lipinski definition) is 7.